The van der Waals surface area contributed by atoms with E-state index >= 15 is 0 Å². The zero-order chi connectivity index (χ0) is 11.8. The Balaban J connectivity index is 0.000000336. The molecule has 0 fully saturated rings. The van der Waals surface area contributed by atoms with E-state index in [4.69, 9.17) is 15.3 Å². The Morgan fingerprint density at radius 3 is 1.93 bits per heavy atom. The third-order valence-corrected chi connectivity index (χ3v) is 1.35. The maximum atomic E-state index is 10.3. The second kappa shape index (κ2) is 6.25. The van der Waals surface area contributed by atoms with Crippen molar-refractivity contribution in [2.75, 3.05) is 7.05 Å². The molecular weight excluding hydrogens is 202 g/mol. The summed E-state index contributed by atoms with van der Waals surface area (Å²) in [7, 11) is 1.35. The first kappa shape index (κ1) is 12.8. The molecule has 0 radical (unpaired) electrons. The van der Waals surface area contributed by atoms with Crippen molar-refractivity contribution in [3.8, 4) is 5.75 Å². The fourth-order valence-corrected chi connectivity index (χ4v) is 0.654. The lowest BCUT2D eigenvalue weighted by Gasteiger charge is -1.95. The van der Waals surface area contributed by atoms with Gasteiger partial charge in [-0.15, -0.1) is 0 Å². The zero-order valence-electron chi connectivity index (χ0n) is 7.97. The summed E-state index contributed by atoms with van der Waals surface area (Å²) >= 11 is 0. The lowest BCUT2D eigenvalue weighted by molar-refractivity contribution is 0.0693. The summed E-state index contributed by atoms with van der Waals surface area (Å²) < 4.78 is 0. The van der Waals surface area contributed by atoms with Crippen LogP contribution in [0.4, 0.5) is 4.79 Å². The smallest absolute Gasteiger partial charge is 0.404 e. The number of carboxylic acids is 1. The summed E-state index contributed by atoms with van der Waals surface area (Å²) in [6, 6.07) is 5.81. The highest BCUT2D eigenvalue weighted by Crippen LogP contribution is 2.14. The van der Waals surface area contributed by atoms with Gasteiger partial charge >= 0.3 is 12.1 Å². The van der Waals surface area contributed by atoms with Crippen LogP contribution in [0.1, 0.15) is 10.4 Å². The van der Waals surface area contributed by atoms with Gasteiger partial charge in [-0.25, -0.2) is 9.59 Å². The van der Waals surface area contributed by atoms with Crippen molar-refractivity contribution in [2.24, 2.45) is 0 Å². The number of rotatable bonds is 1. The summed E-state index contributed by atoms with van der Waals surface area (Å²) in [6.07, 6.45) is -0.995. The van der Waals surface area contributed by atoms with Gasteiger partial charge in [-0.1, -0.05) is 12.1 Å². The molecule has 0 saturated carbocycles. The monoisotopic (exact) mass is 213 g/mol. The van der Waals surface area contributed by atoms with E-state index in [-0.39, 0.29) is 11.3 Å². The Bertz CT molecular complexity index is 350. The molecule has 0 aromatic heterocycles. The average Bonchev–Trinajstić information content (AvgIpc) is 2.19. The lowest BCUT2D eigenvalue weighted by atomic mass is 10.2. The minimum atomic E-state index is -1.11. The highest BCUT2D eigenvalue weighted by molar-refractivity contribution is 5.90. The van der Waals surface area contributed by atoms with Gasteiger partial charge in [0.1, 0.15) is 11.3 Å². The van der Waals surface area contributed by atoms with E-state index in [0.29, 0.717) is 0 Å². The molecule has 4 N–H and O–H groups in total. The van der Waals surface area contributed by atoms with Crippen LogP contribution in [0, 0.1) is 0 Å². The highest BCUT2D eigenvalue weighted by Gasteiger charge is 2.05. The van der Waals surface area contributed by atoms with E-state index < -0.39 is 12.1 Å². The second-order valence-electron chi connectivity index (χ2n) is 2.38. The van der Waals surface area contributed by atoms with Crippen LogP contribution in [0.25, 0.3) is 0 Å². The van der Waals surface area contributed by atoms with Crippen molar-refractivity contribution in [2.45, 2.75) is 0 Å². The number of amides is 1. The third kappa shape index (κ3) is 5.14. The van der Waals surface area contributed by atoms with E-state index in [1.54, 1.807) is 12.1 Å². The number of aromatic hydroxyl groups is 1. The van der Waals surface area contributed by atoms with Crippen LogP contribution in [-0.2, 0) is 0 Å². The standard InChI is InChI=1S/C7H6O3.C2H5NO2/c8-6-4-2-1-3-5(6)7(9)10;1-3-2(4)5/h1-4,8H,(H,9,10);3H,1H3,(H,4,5). The van der Waals surface area contributed by atoms with Gasteiger partial charge in [-0.2, -0.15) is 0 Å². The molecule has 0 aliphatic rings. The summed E-state index contributed by atoms with van der Waals surface area (Å²) in [5.41, 5.74) is -0.0671. The van der Waals surface area contributed by atoms with Crippen molar-refractivity contribution in [1.29, 1.82) is 0 Å². The first-order chi connectivity index (χ1) is 6.99. The van der Waals surface area contributed by atoms with Crippen LogP contribution in [0.3, 0.4) is 0 Å². The Morgan fingerprint density at radius 2 is 1.67 bits per heavy atom. The van der Waals surface area contributed by atoms with Crippen molar-refractivity contribution in [3.05, 3.63) is 29.8 Å². The van der Waals surface area contributed by atoms with Crippen molar-refractivity contribution >= 4 is 12.1 Å². The van der Waals surface area contributed by atoms with Crippen LogP contribution in [0.2, 0.25) is 0 Å². The van der Waals surface area contributed by atoms with Crippen molar-refractivity contribution < 1.29 is 24.9 Å². The van der Waals surface area contributed by atoms with Gasteiger partial charge in [0, 0.05) is 7.05 Å². The number of nitrogens with one attached hydrogen (secondary N) is 1. The van der Waals surface area contributed by atoms with Gasteiger partial charge in [0.2, 0.25) is 0 Å². The molecule has 0 aliphatic heterocycles. The molecule has 1 rings (SSSR count). The summed E-state index contributed by atoms with van der Waals surface area (Å²) in [5.74, 6) is -1.31. The topological polar surface area (TPSA) is 107 Å². The van der Waals surface area contributed by atoms with Crippen LogP contribution in [0.15, 0.2) is 24.3 Å². The number of para-hydroxylation sites is 1. The predicted octanol–water partition coefficient (Wildman–Crippen LogP) is 0.974. The van der Waals surface area contributed by atoms with Crippen LogP contribution >= 0.6 is 0 Å². The molecule has 0 saturated heterocycles. The quantitative estimate of drug-likeness (QED) is 0.556. The van der Waals surface area contributed by atoms with Crippen LogP contribution < -0.4 is 5.32 Å². The first-order valence-corrected chi connectivity index (χ1v) is 3.91. The van der Waals surface area contributed by atoms with Gasteiger partial charge in [-0.3, -0.25) is 0 Å². The van der Waals surface area contributed by atoms with E-state index in [1.165, 1.54) is 19.2 Å². The van der Waals surface area contributed by atoms with Gasteiger partial charge in [0.15, 0.2) is 0 Å². The number of aromatic carboxylic acids is 1. The normalized spacial score (nSPS) is 8.33. The number of benzene rings is 1. The maximum Gasteiger partial charge on any atom is 0.404 e. The Hall–Kier alpha value is -2.24. The Kier molecular flexibility index (Phi) is 5.32. The van der Waals surface area contributed by atoms with E-state index in [1.807, 2.05) is 5.32 Å². The number of hydrogen-bond acceptors (Lipinski definition) is 3. The lowest BCUT2D eigenvalue weighted by Crippen LogP contribution is -2.13. The first-order valence-electron chi connectivity index (χ1n) is 3.91. The zero-order valence-corrected chi connectivity index (χ0v) is 7.97. The molecule has 6 nitrogen and oxygen atoms in total. The van der Waals surface area contributed by atoms with Crippen LogP contribution in [-0.4, -0.2) is 34.4 Å². The van der Waals surface area contributed by atoms with Crippen molar-refractivity contribution in [3.63, 3.8) is 0 Å². The summed E-state index contributed by atoms with van der Waals surface area (Å²) in [4.78, 5) is 19.5. The number of hydrogen-bond donors (Lipinski definition) is 4. The van der Waals surface area contributed by atoms with Gasteiger partial charge in [0.25, 0.3) is 0 Å². The highest BCUT2D eigenvalue weighted by atomic mass is 16.4. The number of phenols is 1. The maximum absolute atomic E-state index is 10.3. The molecule has 0 bridgehead atoms. The molecule has 1 aromatic carbocycles. The Labute approximate surface area is 85.8 Å². The Morgan fingerprint density at radius 1 is 1.20 bits per heavy atom. The number of carbonyl (C=O) groups is 2. The molecule has 0 spiro atoms. The average molecular weight is 213 g/mol. The minimum Gasteiger partial charge on any atom is -0.507 e. The molecule has 1 amide bonds. The SMILES string of the molecule is CNC(=O)O.O=C(O)c1ccccc1O. The molecule has 1 aromatic rings. The molecule has 0 aliphatic carbocycles. The minimum absolute atomic E-state index is 0.0671. The second-order valence-corrected chi connectivity index (χ2v) is 2.38. The molecular formula is C9H11NO5. The summed E-state index contributed by atoms with van der Waals surface area (Å²) in [6.45, 7) is 0. The van der Waals surface area contributed by atoms with Gasteiger partial charge < -0.3 is 20.6 Å². The van der Waals surface area contributed by atoms with Crippen molar-refractivity contribution in [1.82, 2.24) is 5.32 Å². The largest absolute Gasteiger partial charge is 0.507 e. The van der Waals surface area contributed by atoms with Gasteiger partial charge in [-0.05, 0) is 12.1 Å². The molecule has 0 atom stereocenters. The van der Waals surface area contributed by atoms with E-state index in [0.717, 1.165) is 0 Å². The van der Waals surface area contributed by atoms with E-state index in [2.05, 4.69) is 0 Å². The molecule has 0 unspecified atom stereocenters. The van der Waals surface area contributed by atoms with E-state index in [9.17, 15) is 9.59 Å². The molecule has 15 heavy (non-hydrogen) atoms. The predicted molar refractivity (Wildman–Crippen MR) is 52.2 cm³/mol. The van der Waals surface area contributed by atoms with Gasteiger partial charge in [0.05, 0.1) is 0 Å². The fourth-order valence-electron chi connectivity index (χ4n) is 0.654. The number of carboxylic acid groups (broad SMARTS) is 2. The van der Waals surface area contributed by atoms with Crippen LogP contribution in [0.5, 0.6) is 5.75 Å². The third-order valence-electron chi connectivity index (χ3n) is 1.35. The summed E-state index contributed by atoms with van der Waals surface area (Å²) in [5, 5.41) is 26.9. The molecule has 82 valence electrons. The fraction of sp³-hybridized carbons (Fsp3) is 0.111. The molecule has 6 heteroatoms. The molecule has 0 heterocycles.